The van der Waals surface area contributed by atoms with Crippen molar-refractivity contribution >= 4 is 0 Å². The van der Waals surface area contributed by atoms with Gasteiger partial charge in [-0.15, -0.1) is 0 Å². The van der Waals surface area contributed by atoms with Gasteiger partial charge in [-0.3, -0.25) is 4.79 Å². The van der Waals surface area contributed by atoms with Gasteiger partial charge >= 0.3 is 0 Å². The van der Waals surface area contributed by atoms with Crippen molar-refractivity contribution in [2.24, 2.45) is 7.05 Å². The first-order valence-corrected chi connectivity index (χ1v) is 4.23. The molecule has 3 heteroatoms. The Balaban J connectivity index is 3.53. The Bertz CT molecular complexity index is 396. The number of nitrogens with zero attached hydrogens (tertiary/aromatic N) is 1. The predicted octanol–water partition coefficient (Wildman–Crippen LogP) is 1.52. The summed E-state index contributed by atoms with van der Waals surface area (Å²) in [6.45, 7) is 3.87. The molecule has 72 valence electrons. The molecule has 13 heavy (non-hydrogen) atoms. The maximum Gasteiger partial charge on any atom is 0.257 e. The van der Waals surface area contributed by atoms with Crippen molar-refractivity contribution in [3.8, 4) is 5.75 Å². The number of ether oxygens (including phenoxy) is 1. The van der Waals surface area contributed by atoms with E-state index < -0.39 is 0 Å². The van der Waals surface area contributed by atoms with Gasteiger partial charge in [-0.25, -0.2) is 0 Å². The molecule has 1 heterocycles. The van der Waals surface area contributed by atoms with Crippen LogP contribution in [-0.4, -0.2) is 11.7 Å². The molecule has 0 N–H and O–H groups in total. The number of aromatic nitrogens is 1. The summed E-state index contributed by atoms with van der Waals surface area (Å²) in [6.07, 6.45) is 0.163. The molecule has 0 aliphatic carbocycles. The third-order valence-corrected chi connectivity index (χ3v) is 1.99. The maximum absolute atomic E-state index is 11.8. The fourth-order valence-electron chi connectivity index (χ4n) is 1.28. The van der Waals surface area contributed by atoms with Crippen molar-refractivity contribution in [1.29, 1.82) is 0 Å². The van der Waals surface area contributed by atoms with Crippen LogP contribution in [0.25, 0.3) is 0 Å². The van der Waals surface area contributed by atoms with Crippen molar-refractivity contribution in [2.45, 2.75) is 19.8 Å². The van der Waals surface area contributed by atoms with Gasteiger partial charge in [0.2, 0.25) is 0 Å². The van der Waals surface area contributed by atoms with E-state index >= 15 is 0 Å². The zero-order chi connectivity index (χ0) is 10.9. The summed E-state index contributed by atoms with van der Waals surface area (Å²) in [6, 6.07) is 1.57. The highest BCUT2D eigenvalue weighted by Gasteiger charge is 2.12. The average molecular weight is 182 g/mol. The number of pyridine rings is 1. The van der Waals surface area contributed by atoms with Gasteiger partial charge in [0, 0.05) is 13.2 Å². The lowest BCUT2D eigenvalue weighted by molar-refractivity contribution is 0.404. The molecule has 0 aromatic carbocycles. The maximum atomic E-state index is 11.8. The zero-order valence-electron chi connectivity index (χ0n) is 9.42. The summed E-state index contributed by atoms with van der Waals surface area (Å²) in [5.41, 5.74) is 0.482. The highest BCUT2D eigenvalue weighted by atomic mass is 16.5. The quantitative estimate of drug-likeness (QED) is 0.694. The normalized spacial score (nSPS) is 11.6. The highest BCUT2D eigenvalue weighted by molar-refractivity contribution is 5.32. The summed E-state index contributed by atoms with van der Waals surface area (Å²) in [4.78, 5) is 11.8. The van der Waals surface area contributed by atoms with Gasteiger partial charge in [0.1, 0.15) is 5.75 Å². The third kappa shape index (κ3) is 1.74. The van der Waals surface area contributed by atoms with E-state index in [-0.39, 0.29) is 17.7 Å². The van der Waals surface area contributed by atoms with Crippen LogP contribution in [0, 0.1) is 0 Å². The average Bonchev–Trinajstić information content (AvgIpc) is 2.12. The van der Waals surface area contributed by atoms with Crippen LogP contribution in [-0.2, 0) is 7.05 Å². The van der Waals surface area contributed by atoms with Crippen molar-refractivity contribution in [3.63, 3.8) is 0 Å². The summed E-state index contributed by atoms with van der Waals surface area (Å²) in [5.74, 6) is 0.609. The molecule has 0 aliphatic heterocycles. The van der Waals surface area contributed by atoms with Gasteiger partial charge in [-0.2, -0.15) is 0 Å². The lowest BCUT2D eigenvalue weighted by atomic mass is 10.0. The first kappa shape index (κ1) is 8.35. The fraction of sp³-hybridized carbons (Fsp3) is 0.500. The van der Waals surface area contributed by atoms with E-state index in [0.29, 0.717) is 11.3 Å². The second-order valence-electron chi connectivity index (χ2n) is 3.27. The van der Waals surface area contributed by atoms with Crippen molar-refractivity contribution in [1.82, 2.24) is 4.57 Å². The second-order valence-corrected chi connectivity index (χ2v) is 3.27. The Morgan fingerprint density at radius 3 is 2.69 bits per heavy atom. The summed E-state index contributed by atoms with van der Waals surface area (Å²) >= 11 is 0. The molecule has 0 saturated carbocycles. The van der Waals surface area contributed by atoms with Crippen LogP contribution in [0.2, 0.25) is 0 Å². The van der Waals surface area contributed by atoms with Crippen LogP contribution in [0.4, 0.5) is 0 Å². The molecule has 0 radical (unpaired) electrons. The van der Waals surface area contributed by atoms with E-state index in [9.17, 15) is 4.79 Å². The SMILES string of the molecule is [2H]c1cc(OC)c(C(C)C)c(=O)n1C. The summed E-state index contributed by atoms with van der Waals surface area (Å²) in [7, 11) is 3.11. The molecule has 0 bridgehead atoms. The Hall–Kier alpha value is -1.25. The van der Waals surface area contributed by atoms with E-state index in [1.54, 1.807) is 13.1 Å². The molecule has 1 aromatic rings. The minimum Gasteiger partial charge on any atom is -0.496 e. The summed E-state index contributed by atoms with van der Waals surface area (Å²) < 4.78 is 13.9. The third-order valence-electron chi connectivity index (χ3n) is 1.99. The smallest absolute Gasteiger partial charge is 0.257 e. The molecule has 0 amide bonds. The number of rotatable bonds is 2. The van der Waals surface area contributed by atoms with Crippen molar-refractivity contribution in [2.75, 3.05) is 7.11 Å². The van der Waals surface area contributed by atoms with Gasteiger partial charge in [-0.05, 0) is 12.0 Å². The van der Waals surface area contributed by atoms with Crippen LogP contribution in [0.15, 0.2) is 17.0 Å². The Morgan fingerprint density at radius 1 is 1.62 bits per heavy atom. The molecule has 0 saturated heterocycles. The van der Waals surface area contributed by atoms with Crippen LogP contribution in [0.5, 0.6) is 5.75 Å². The number of hydrogen-bond acceptors (Lipinski definition) is 2. The molecular formula is C10H15NO2. The molecule has 1 aromatic heterocycles. The molecule has 0 aliphatic rings. The largest absolute Gasteiger partial charge is 0.496 e. The van der Waals surface area contributed by atoms with E-state index in [1.165, 1.54) is 11.7 Å². The highest BCUT2D eigenvalue weighted by Crippen LogP contribution is 2.21. The topological polar surface area (TPSA) is 31.2 Å². The summed E-state index contributed by atoms with van der Waals surface area (Å²) in [5, 5.41) is 0. The standard InChI is InChI=1S/C10H15NO2/c1-7(2)9-8(13-4)5-6-11(3)10(9)12/h5-7H,1-4H3/i6D. The van der Waals surface area contributed by atoms with E-state index in [2.05, 4.69) is 0 Å². The predicted molar refractivity (Wildman–Crippen MR) is 52.3 cm³/mol. The Morgan fingerprint density at radius 2 is 2.23 bits per heavy atom. The lowest BCUT2D eigenvalue weighted by Gasteiger charge is -2.11. The minimum absolute atomic E-state index is 0.101. The van der Waals surface area contributed by atoms with Gasteiger partial charge < -0.3 is 9.30 Å². The first-order valence-electron chi connectivity index (χ1n) is 4.73. The lowest BCUT2D eigenvalue weighted by Crippen LogP contribution is -2.21. The van der Waals surface area contributed by atoms with Crippen LogP contribution >= 0.6 is 0 Å². The molecule has 1 rings (SSSR count). The van der Waals surface area contributed by atoms with Crippen molar-refractivity contribution < 1.29 is 6.11 Å². The van der Waals surface area contributed by atoms with Crippen LogP contribution in [0.1, 0.15) is 26.7 Å². The second kappa shape index (κ2) is 3.64. The molecule has 0 fully saturated rings. The Kier molecular flexibility index (Phi) is 2.34. The minimum atomic E-state index is -0.149. The van der Waals surface area contributed by atoms with Gasteiger partial charge in [0.05, 0.1) is 14.0 Å². The van der Waals surface area contributed by atoms with Crippen LogP contribution < -0.4 is 10.3 Å². The molecule has 0 unspecified atom stereocenters. The van der Waals surface area contributed by atoms with Gasteiger partial charge in [-0.1, -0.05) is 13.8 Å². The zero-order valence-corrected chi connectivity index (χ0v) is 8.42. The fourth-order valence-corrected chi connectivity index (χ4v) is 1.28. The van der Waals surface area contributed by atoms with Crippen LogP contribution in [0.3, 0.4) is 0 Å². The Labute approximate surface area is 79.4 Å². The molecule has 0 atom stereocenters. The molecular weight excluding hydrogens is 166 g/mol. The molecule has 0 spiro atoms. The molecule has 3 nitrogen and oxygen atoms in total. The van der Waals surface area contributed by atoms with Gasteiger partial charge in [0.25, 0.3) is 5.56 Å². The van der Waals surface area contributed by atoms with Crippen molar-refractivity contribution in [3.05, 3.63) is 28.2 Å². The monoisotopic (exact) mass is 182 g/mol. The number of methoxy groups -OCH3 is 1. The van der Waals surface area contributed by atoms with E-state index in [0.717, 1.165) is 0 Å². The number of hydrogen-bond donors (Lipinski definition) is 0. The van der Waals surface area contributed by atoms with E-state index in [1.807, 2.05) is 13.8 Å². The first-order chi connectivity index (χ1) is 6.49. The van der Waals surface area contributed by atoms with E-state index in [4.69, 9.17) is 6.11 Å². The van der Waals surface area contributed by atoms with Gasteiger partial charge in [0.15, 0.2) is 0 Å².